The normalized spacial score (nSPS) is 10.7. The summed E-state index contributed by atoms with van der Waals surface area (Å²) in [7, 11) is 0. The molecule has 2 rings (SSSR count). The monoisotopic (exact) mass is 239 g/mol. The molecular weight excluding hydrogens is 229 g/mol. The van der Waals surface area contributed by atoms with E-state index in [0.717, 1.165) is 5.56 Å². The van der Waals surface area contributed by atoms with E-state index in [9.17, 15) is 4.39 Å². The Morgan fingerprint density at radius 2 is 2.25 bits per heavy atom. The predicted octanol–water partition coefficient (Wildman–Crippen LogP) is 3.57. The third-order valence-electron chi connectivity index (χ3n) is 2.25. The first-order valence-electron chi connectivity index (χ1n) is 4.98. The lowest BCUT2D eigenvalue weighted by Crippen LogP contribution is -1.84. The second-order valence-corrected chi connectivity index (χ2v) is 3.92. The molecule has 0 amide bonds. The Kier molecular flexibility index (Phi) is 3.25. The topological polar surface area (TPSA) is 26.0 Å². The number of hydrogen-bond donors (Lipinski definition) is 0. The van der Waals surface area contributed by atoms with Crippen molar-refractivity contribution in [3.05, 3.63) is 41.7 Å². The molecule has 0 aliphatic carbocycles. The molecule has 0 saturated carbocycles. The molecule has 2 nitrogen and oxygen atoms in total. The number of nitrogens with zero attached hydrogens (tertiary/aromatic N) is 1. The van der Waals surface area contributed by atoms with E-state index in [2.05, 4.69) is 4.98 Å². The van der Waals surface area contributed by atoms with Crippen molar-refractivity contribution in [2.75, 3.05) is 5.88 Å². The van der Waals surface area contributed by atoms with Crippen LogP contribution in [-0.2, 0) is 6.42 Å². The summed E-state index contributed by atoms with van der Waals surface area (Å²) < 4.78 is 19.0. The van der Waals surface area contributed by atoms with Gasteiger partial charge >= 0.3 is 0 Å². The van der Waals surface area contributed by atoms with Gasteiger partial charge in [0, 0.05) is 12.3 Å². The molecule has 0 atom stereocenters. The maximum atomic E-state index is 13.6. The second-order valence-electron chi connectivity index (χ2n) is 3.54. The highest BCUT2D eigenvalue weighted by molar-refractivity contribution is 6.17. The maximum absolute atomic E-state index is 13.6. The summed E-state index contributed by atoms with van der Waals surface area (Å²) in [6.45, 7) is 1.84. The smallest absolute Gasteiger partial charge is 0.196 e. The quantitative estimate of drug-likeness (QED) is 0.766. The Hall–Kier alpha value is -1.35. The minimum atomic E-state index is -0.298. The summed E-state index contributed by atoms with van der Waals surface area (Å²) in [5.74, 6) is 1.12. The van der Waals surface area contributed by atoms with Gasteiger partial charge in [-0.1, -0.05) is 6.07 Å². The number of aryl methyl sites for hydroxylation is 2. The van der Waals surface area contributed by atoms with Gasteiger partial charge in [-0.25, -0.2) is 9.37 Å². The molecule has 84 valence electrons. The number of rotatable bonds is 3. The third kappa shape index (κ3) is 2.25. The van der Waals surface area contributed by atoms with Gasteiger partial charge in [0.2, 0.25) is 0 Å². The van der Waals surface area contributed by atoms with E-state index in [-0.39, 0.29) is 5.82 Å². The van der Waals surface area contributed by atoms with Crippen LogP contribution in [0.4, 0.5) is 4.39 Å². The van der Waals surface area contributed by atoms with Crippen molar-refractivity contribution in [3.8, 4) is 11.3 Å². The van der Waals surface area contributed by atoms with Gasteiger partial charge in [0.1, 0.15) is 5.82 Å². The zero-order valence-electron chi connectivity index (χ0n) is 8.84. The van der Waals surface area contributed by atoms with E-state index >= 15 is 0 Å². The predicted molar refractivity (Wildman–Crippen MR) is 61.1 cm³/mol. The van der Waals surface area contributed by atoms with Gasteiger partial charge in [-0.15, -0.1) is 11.6 Å². The van der Waals surface area contributed by atoms with Crippen LogP contribution < -0.4 is 0 Å². The summed E-state index contributed by atoms with van der Waals surface area (Å²) in [5, 5.41) is 0. The Morgan fingerprint density at radius 1 is 1.44 bits per heavy atom. The zero-order chi connectivity index (χ0) is 11.5. The van der Waals surface area contributed by atoms with Crippen molar-refractivity contribution in [1.82, 2.24) is 4.98 Å². The summed E-state index contributed by atoms with van der Waals surface area (Å²) in [5.41, 5.74) is 1.31. The van der Waals surface area contributed by atoms with Crippen LogP contribution >= 0.6 is 11.6 Å². The summed E-state index contributed by atoms with van der Waals surface area (Å²) in [4.78, 5) is 4.03. The maximum Gasteiger partial charge on any atom is 0.196 e. The standard InChI is InChI=1S/C12H11ClFNO/c1-8-2-3-9(10(14)6-8)11-7-15-12(16-11)4-5-13/h2-3,6-7H,4-5H2,1H3. The van der Waals surface area contributed by atoms with E-state index in [1.807, 2.05) is 13.0 Å². The Labute approximate surface area is 98.1 Å². The Balaban J connectivity index is 2.35. The molecule has 16 heavy (non-hydrogen) atoms. The van der Waals surface area contributed by atoms with Gasteiger partial charge in [0.15, 0.2) is 11.7 Å². The van der Waals surface area contributed by atoms with Gasteiger partial charge in [0.05, 0.1) is 11.8 Å². The van der Waals surface area contributed by atoms with Gasteiger partial charge in [0.25, 0.3) is 0 Å². The largest absolute Gasteiger partial charge is 0.441 e. The van der Waals surface area contributed by atoms with Gasteiger partial charge < -0.3 is 4.42 Å². The number of oxazole rings is 1. The minimum Gasteiger partial charge on any atom is -0.441 e. The van der Waals surface area contributed by atoms with Crippen molar-refractivity contribution in [2.45, 2.75) is 13.3 Å². The van der Waals surface area contributed by atoms with E-state index in [0.29, 0.717) is 29.5 Å². The number of benzene rings is 1. The summed E-state index contributed by atoms with van der Waals surface area (Å²) >= 11 is 5.57. The molecule has 2 aromatic rings. The average molecular weight is 240 g/mol. The zero-order valence-corrected chi connectivity index (χ0v) is 9.59. The fourth-order valence-electron chi connectivity index (χ4n) is 1.45. The first kappa shape index (κ1) is 11.1. The van der Waals surface area contributed by atoms with Crippen molar-refractivity contribution in [3.63, 3.8) is 0 Å². The van der Waals surface area contributed by atoms with Crippen LogP contribution in [0.3, 0.4) is 0 Å². The molecule has 0 saturated heterocycles. The minimum absolute atomic E-state index is 0.298. The fraction of sp³-hybridized carbons (Fsp3) is 0.250. The van der Waals surface area contributed by atoms with Crippen LogP contribution in [0.25, 0.3) is 11.3 Å². The molecule has 4 heteroatoms. The third-order valence-corrected chi connectivity index (χ3v) is 2.44. The summed E-state index contributed by atoms with van der Waals surface area (Å²) in [6, 6.07) is 5.00. The highest BCUT2D eigenvalue weighted by Gasteiger charge is 2.10. The molecule has 1 aromatic carbocycles. The molecule has 0 fully saturated rings. The van der Waals surface area contributed by atoms with Crippen molar-refractivity contribution in [1.29, 1.82) is 0 Å². The van der Waals surface area contributed by atoms with Crippen LogP contribution in [0.15, 0.2) is 28.8 Å². The SMILES string of the molecule is Cc1ccc(-c2cnc(CCCl)o2)c(F)c1. The first-order valence-corrected chi connectivity index (χ1v) is 5.51. The number of aromatic nitrogens is 1. The summed E-state index contributed by atoms with van der Waals surface area (Å²) in [6.07, 6.45) is 2.07. The van der Waals surface area contributed by atoms with E-state index in [1.165, 1.54) is 12.3 Å². The molecule has 0 radical (unpaired) electrons. The highest BCUT2D eigenvalue weighted by atomic mass is 35.5. The molecule has 0 aliphatic heterocycles. The Bertz CT molecular complexity index is 496. The van der Waals surface area contributed by atoms with Crippen LogP contribution in [0, 0.1) is 12.7 Å². The van der Waals surface area contributed by atoms with Gasteiger partial charge in [-0.3, -0.25) is 0 Å². The Morgan fingerprint density at radius 3 is 2.94 bits per heavy atom. The first-order chi connectivity index (χ1) is 7.70. The molecule has 0 spiro atoms. The van der Waals surface area contributed by atoms with E-state index < -0.39 is 0 Å². The number of hydrogen-bond acceptors (Lipinski definition) is 2. The highest BCUT2D eigenvalue weighted by Crippen LogP contribution is 2.24. The van der Waals surface area contributed by atoms with Crippen molar-refractivity contribution >= 4 is 11.6 Å². The van der Waals surface area contributed by atoms with Gasteiger partial charge in [-0.2, -0.15) is 0 Å². The number of halogens is 2. The number of alkyl halides is 1. The lowest BCUT2D eigenvalue weighted by atomic mass is 10.1. The molecule has 0 N–H and O–H groups in total. The van der Waals surface area contributed by atoms with E-state index in [4.69, 9.17) is 16.0 Å². The molecule has 1 aromatic heterocycles. The van der Waals surface area contributed by atoms with Crippen LogP contribution in [0.2, 0.25) is 0 Å². The molecule has 1 heterocycles. The van der Waals surface area contributed by atoms with Crippen LogP contribution in [-0.4, -0.2) is 10.9 Å². The average Bonchev–Trinajstić information content (AvgIpc) is 2.67. The van der Waals surface area contributed by atoms with Crippen LogP contribution in [0.5, 0.6) is 0 Å². The molecule has 0 aliphatic rings. The van der Waals surface area contributed by atoms with Crippen molar-refractivity contribution < 1.29 is 8.81 Å². The second kappa shape index (κ2) is 4.66. The van der Waals surface area contributed by atoms with Crippen molar-refractivity contribution in [2.24, 2.45) is 0 Å². The van der Waals surface area contributed by atoms with E-state index in [1.54, 1.807) is 6.07 Å². The molecule has 0 unspecified atom stereocenters. The van der Waals surface area contributed by atoms with Crippen LogP contribution in [0.1, 0.15) is 11.5 Å². The fourth-order valence-corrected chi connectivity index (χ4v) is 1.61. The lowest BCUT2D eigenvalue weighted by Gasteiger charge is -1.99. The lowest BCUT2D eigenvalue weighted by molar-refractivity contribution is 0.510. The van der Waals surface area contributed by atoms with Gasteiger partial charge in [-0.05, 0) is 24.6 Å². The molecule has 0 bridgehead atoms. The molecular formula is C12H11ClFNO.